The van der Waals surface area contributed by atoms with E-state index in [2.05, 4.69) is 42.8 Å². The molecule has 0 aliphatic carbocycles. The second-order valence-electron chi connectivity index (χ2n) is 4.38. The SMILES string of the molecule is CC(C)N1CC1.CC(C)N1CNC1. The Hall–Kier alpha value is -0.120. The largest absolute Gasteiger partial charge is 0.298 e. The summed E-state index contributed by atoms with van der Waals surface area (Å²) in [5.74, 6) is 0. The second-order valence-corrected chi connectivity index (χ2v) is 4.38. The minimum atomic E-state index is 0.723. The van der Waals surface area contributed by atoms with Gasteiger partial charge in [-0.25, -0.2) is 0 Å². The molecule has 0 bridgehead atoms. The molecular formula is C10H23N3. The zero-order valence-electron chi connectivity index (χ0n) is 9.38. The zero-order valence-corrected chi connectivity index (χ0v) is 9.38. The predicted octanol–water partition coefficient (Wildman–Crippen LogP) is 0.925. The molecule has 2 saturated heterocycles. The highest BCUT2D eigenvalue weighted by Gasteiger charge is 2.19. The fraction of sp³-hybridized carbons (Fsp3) is 1.00. The highest BCUT2D eigenvalue weighted by atomic mass is 15.4. The Kier molecular flexibility index (Phi) is 4.16. The average Bonchev–Trinajstić information content (AvgIpc) is 2.60. The topological polar surface area (TPSA) is 18.3 Å². The van der Waals surface area contributed by atoms with Crippen LogP contribution >= 0.6 is 0 Å². The first-order valence-electron chi connectivity index (χ1n) is 5.30. The maximum absolute atomic E-state index is 3.17. The van der Waals surface area contributed by atoms with Gasteiger partial charge in [0.05, 0.1) is 13.3 Å². The van der Waals surface area contributed by atoms with Gasteiger partial charge in [0.25, 0.3) is 0 Å². The van der Waals surface area contributed by atoms with Crippen molar-refractivity contribution in [1.29, 1.82) is 0 Å². The summed E-state index contributed by atoms with van der Waals surface area (Å²) in [4.78, 5) is 4.78. The molecule has 0 saturated carbocycles. The molecule has 0 aromatic rings. The van der Waals surface area contributed by atoms with E-state index < -0.39 is 0 Å². The van der Waals surface area contributed by atoms with E-state index in [4.69, 9.17) is 0 Å². The van der Waals surface area contributed by atoms with Crippen LogP contribution in [-0.4, -0.2) is 48.3 Å². The third kappa shape index (κ3) is 4.07. The smallest absolute Gasteiger partial charge is 0.0505 e. The van der Waals surface area contributed by atoms with Crippen molar-refractivity contribution in [3.63, 3.8) is 0 Å². The summed E-state index contributed by atoms with van der Waals surface area (Å²) >= 11 is 0. The quantitative estimate of drug-likeness (QED) is 0.645. The van der Waals surface area contributed by atoms with Crippen LogP contribution in [0, 0.1) is 0 Å². The number of hydrogen-bond acceptors (Lipinski definition) is 3. The number of nitrogens with zero attached hydrogens (tertiary/aromatic N) is 2. The fourth-order valence-electron chi connectivity index (χ4n) is 1.18. The predicted molar refractivity (Wildman–Crippen MR) is 56.6 cm³/mol. The third-order valence-electron chi connectivity index (χ3n) is 2.57. The highest BCUT2D eigenvalue weighted by molar-refractivity contribution is 4.75. The Morgan fingerprint density at radius 1 is 0.846 bits per heavy atom. The molecule has 3 heteroatoms. The Bertz CT molecular complexity index is 137. The molecule has 2 fully saturated rings. The maximum atomic E-state index is 3.17. The van der Waals surface area contributed by atoms with E-state index in [1.807, 2.05) is 0 Å². The maximum Gasteiger partial charge on any atom is 0.0505 e. The summed E-state index contributed by atoms with van der Waals surface area (Å²) in [6.07, 6.45) is 0. The molecule has 78 valence electrons. The van der Waals surface area contributed by atoms with Crippen LogP contribution in [0.5, 0.6) is 0 Å². The van der Waals surface area contributed by atoms with Gasteiger partial charge >= 0.3 is 0 Å². The molecule has 2 rings (SSSR count). The van der Waals surface area contributed by atoms with Crippen molar-refractivity contribution in [2.24, 2.45) is 0 Å². The van der Waals surface area contributed by atoms with Crippen molar-refractivity contribution >= 4 is 0 Å². The van der Waals surface area contributed by atoms with Gasteiger partial charge in [0.15, 0.2) is 0 Å². The molecule has 0 spiro atoms. The summed E-state index contributed by atoms with van der Waals surface area (Å²) in [5, 5.41) is 3.17. The molecule has 2 aliphatic heterocycles. The van der Waals surface area contributed by atoms with Gasteiger partial charge in [-0.15, -0.1) is 0 Å². The number of hydrogen-bond donors (Lipinski definition) is 1. The van der Waals surface area contributed by atoms with Crippen LogP contribution in [0.25, 0.3) is 0 Å². The van der Waals surface area contributed by atoms with Crippen LogP contribution < -0.4 is 5.32 Å². The molecule has 0 radical (unpaired) electrons. The minimum absolute atomic E-state index is 0.723. The fourth-order valence-corrected chi connectivity index (χ4v) is 1.18. The molecule has 0 aromatic heterocycles. The van der Waals surface area contributed by atoms with Gasteiger partial charge in [0, 0.05) is 25.2 Å². The third-order valence-corrected chi connectivity index (χ3v) is 2.57. The lowest BCUT2D eigenvalue weighted by molar-refractivity contribution is 0.101. The first kappa shape index (κ1) is 11.0. The van der Waals surface area contributed by atoms with Crippen LogP contribution in [0.1, 0.15) is 27.7 Å². The Labute approximate surface area is 82.1 Å². The number of nitrogens with one attached hydrogen (secondary N) is 1. The first-order valence-corrected chi connectivity index (χ1v) is 5.30. The van der Waals surface area contributed by atoms with E-state index >= 15 is 0 Å². The van der Waals surface area contributed by atoms with Crippen molar-refractivity contribution in [2.45, 2.75) is 39.8 Å². The van der Waals surface area contributed by atoms with Gasteiger partial charge in [-0.3, -0.25) is 15.1 Å². The molecular weight excluding hydrogens is 162 g/mol. The Morgan fingerprint density at radius 2 is 1.31 bits per heavy atom. The average molecular weight is 185 g/mol. The molecule has 0 amide bonds. The van der Waals surface area contributed by atoms with Gasteiger partial charge in [0.2, 0.25) is 0 Å². The summed E-state index contributed by atoms with van der Waals surface area (Å²) in [5.41, 5.74) is 0. The Morgan fingerprint density at radius 3 is 1.31 bits per heavy atom. The normalized spacial score (nSPS) is 22.6. The lowest BCUT2D eigenvalue weighted by atomic mass is 10.3. The molecule has 2 heterocycles. The molecule has 13 heavy (non-hydrogen) atoms. The first-order chi connectivity index (χ1) is 6.11. The van der Waals surface area contributed by atoms with Gasteiger partial charge in [-0.05, 0) is 27.7 Å². The van der Waals surface area contributed by atoms with Crippen molar-refractivity contribution < 1.29 is 0 Å². The second kappa shape index (κ2) is 4.94. The lowest BCUT2D eigenvalue weighted by Gasteiger charge is -2.35. The van der Waals surface area contributed by atoms with E-state index in [1.54, 1.807) is 0 Å². The standard InChI is InChI=1S/C5H12N2.C5H11N/c1-5(2)7-3-6-4-7;1-5(2)6-3-4-6/h5-6H,3-4H2,1-2H3;5H,3-4H2,1-2H3. The van der Waals surface area contributed by atoms with Crippen molar-refractivity contribution in [1.82, 2.24) is 15.1 Å². The molecule has 2 aliphatic rings. The molecule has 0 unspecified atom stereocenters. The molecule has 0 aromatic carbocycles. The minimum Gasteiger partial charge on any atom is -0.298 e. The van der Waals surface area contributed by atoms with Crippen LogP contribution in [-0.2, 0) is 0 Å². The van der Waals surface area contributed by atoms with Gasteiger partial charge < -0.3 is 0 Å². The van der Waals surface area contributed by atoms with Crippen LogP contribution in [0.3, 0.4) is 0 Å². The van der Waals surface area contributed by atoms with Crippen molar-refractivity contribution in [3.05, 3.63) is 0 Å². The Balaban J connectivity index is 0.000000132. The molecule has 3 nitrogen and oxygen atoms in total. The van der Waals surface area contributed by atoms with E-state index in [9.17, 15) is 0 Å². The van der Waals surface area contributed by atoms with Crippen LogP contribution in [0.2, 0.25) is 0 Å². The monoisotopic (exact) mass is 185 g/mol. The zero-order chi connectivity index (χ0) is 9.84. The molecule has 1 N–H and O–H groups in total. The van der Waals surface area contributed by atoms with Crippen LogP contribution in [0.4, 0.5) is 0 Å². The van der Waals surface area contributed by atoms with Gasteiger partial charge in [-0.1, -0.05) is 0 Å². The molecule has 0 atom stereocenters. The highest BCUT2D eigenvalue weighted by Crippen LogP contribution is 2.07. The summed E-state index contributed by atoms with van der Waals surface area (Å²) in [6.45, 7) is 13.7. The van der Waals surface area contributed by atoms with E-state index in [1.165, 1.54) is 13.1 Å². The van der Waals surface area contributed by atoms with Crippen molar-refractivity contribution in [2.75, 3.05) is 26.4 Å². The van der Waals surface area contributed by atoms with E-state index in [-0.39, 0.29) is 0 Å². The van der Waals surface area contributed by atoms with Crippen LogP contribution in [0.15, 0.2) is 0 Å². The van der Waals surface area contributed by atoms with Crippen molar-refractivity contribution in [3.8, 4) is 0 Å². The summed E-state index contributed by atoms with van der Waals surface area (Å²) in [7, 11) is 0. The van der Waals surface area contributed by atoms with Gasteiger partial charge in [0.1, 0.15) is 0 Å². The van der Waals surface area contributed by atoms with E-state index in [0.717, 1.165) is 25.4 Å². The van der Waals surface area contributed by atoms with Gasteiger partial charge in [-0.2, -0.15) is 0 Å². The summed E-state index contributed by atoms with van der Waals surface area (Å²) < 4.78 is 0. The number of rotatable bonds is 2. The summed E-state index contributed by atoms with van der Waals surface area (Å²) in [6, 6.07) is 1.52. The van der Waals surface area contributed by atoms with E-state index in [0.29, 0.717) is 0 Å². The lowest BCUT2D eigenvalue weighted by Crippen LogP contribution is -2.54.